The van der Waals surface area contributed by atoms with Gasteiger partial charge in [-0.15, -0.1) is 0 Å². The lowest BCUT2D eigenvalue weighted by Crippen LogP contribution is -2.06. The normalized spacial score (nSPS) is 12.2. The molecule has 3 rings (SSSR count). The fourth-order valence-corrected chi connectivity index (χ4v) is 3.20. The number of aromatic hydroxyl groups is 2. The molecule has 0 aromatic heterocycles. The zero-order valence-electron chi connectivity index (χ0n) is 12.3. The lowest BCUT2D eigenvalue weighted by atomic mass is 10.0. The molecule has 2 aromatic carbocycles. The maximum Gasteiger partial charge on any atom is 0.190 e. The molecule has 0 atom stereocenters. The summed E-state index contributed by atoms with van der Waals surface area (Å²) >= 11 is 18.3. The molecule has 0 fully saturated rings. The standard InChI is InChI=1S/C16H13Cl3O4/c1-3-6-12(20)13(21)7(4-2)15-14(6)22-9-5-8(17)10(18)11(19)16(9)23-15/h5,20-21H,3-4H2,1-2H3. The van der Waals surface area contributed by atoms with Crippen molar-refractivity contribution in [2.75, 3.05) is 0 Å². The van der Waals surface area contributed by atoms with Gasteiger partial charge in [-0.05, 0) is 12.8 Å². The molecule has 23 heavy (non-hydrogen) atoms. The summed E-state index contributed by atoms with van der Waals surface area (Å²) in [6, 6.07) is 1.50. The quantitative estimate of drug-likeness (QED) is 0.421. The van der Waals surface area contributed by atoms with Crippen LogP contribution in [0.4, 0.5) is 0 Å². The largest absolute Gasteiger partial charge is 0.504 e. The number of halogens is 3. The predicted molar refractivity (Wildman–Crippen MR) is 90.1 cm³/mol. The lowest BCUT2D eigenvalue weighted by molar-refractivity contribution is 0.336. The minimum atomic E-state index is -0.216. The van der Waals surface area contributed by atoms with Crippen LogP contribution >= 0.6 is 34.8 Å². The summed E-state index contributed by atoms with van der Waals surface area (Å²) in [7, 11) is 0. The number of fused-ring (bicyclic) bond motifs is 2. The maximum atomic E-state index is 10.2. The van der Waals surface area contributed by atoms with Crippen LogP contribution in [-0.2, 0) is 12.8 Å². The molecule has 4 nitrogen and oxygen atoms in total. The van der Waals surface area contributed by atoms with Crippen LogP contribution in [0.15, 0.2) is 6.07 Å². The van der Waals surface area contributed by atoms with E-state index < -0.39 is 0 Å². The average Bonchev–Trinajstić information content (AvgIpc) is 2.53. The molecule has 0 unspecified atom stereocenters. The van der Waals surface area contributed by atoms with E-state index in [0.29, 0.717) is 41.2 Å². The second-order valence-corrected chi connectivity index (χ2v) is 6.20. The summed E-state index contributed by atoms with van der Waals surface area (Å²) < 4.78 is 11.7. The van der Waals surface area contributed by atoms with Crippen molar-refractivity contribution in [2.45, 2.75) is 26.7 Å². The highest BCUT2D eigenvalue weighted by Crippen LogP contribution is 2.58. The Morgan fingerprint density at radius 3 is 1.87 bits per heavy atom. The number of phenols is 2. The molecule has 7 heteroatoms. The monoisotopic (exact) mass is 374 g/mol. The van der Waals surface area contributed by atoms with Crippen LogP contribution in [0.1, 0.15) is 25.0 Å². The van der Waals surface area contributed by atoms with E-state index in [2.05, 4.69) is 0 Å². The zero-order chi connectivity index (χ0) is 16.9. The topological polar surface area (TPSA) is 58.9 Å². The molecule has 2 N–H and O–H groups in total. The van der Waals surface area contributed by atoms with Crippen molar-refractivity contribution < 1.29 is 19.7 Å². The molecular weight excluding hydrogens is 363 g/mol. The van der Waals surface area contributed by atoms with Crippen LogP contribution in [0.2, 0.25) is 15.1 Å². The van der Waals surface area contributed by atoms with Crippen molar-refractivity contribution in [2.24, 2.45) is 0 Å². The Labute approximate surface area is 148 Å². The van der Waals surface area contributed by atoms with Gasteiger partial charge in [0.2, 0.25) is 0 Å². The Morgan fingerprint density at radius 1 is 0.826 bits per heavy atom. The Balaban J connectivity index is 2.29. The first-order chi connectivity index (χ1) is 10.9. The molecule has 0 spiro atoms. The van der Waals surface area contributed by atoms with E-state index >= 15 is 0 Å². The van der Waals surface area contributed by atoms with E-state index in [1.165, 1.54) is 6.07 Å². The first-order valence-corrected chi connectivity index (χ1v) is 8.16. The van der Waals surface area contributed by atoms with Crippen molar-refractivity contribution >= 4 is 34.8 Å². The molecule has 0 amide bonds. The lowest BCUT2D eigenvalue weighted by Gasteiger charge is -2.27. The van der Waals surface area contributed by atoms with E-state index in [0.717, 1.165) is 0 Å². The van der Waals surface area contributed by atoms with E-state index in [1.807, 2.05) is 13.8 Å². The number of hydrogen-bond donors (Lipinski definition) is 2. The van der Waals surface area contributed by atoms with Gasteiger partial charge in [-0.2, -0.15) is 0 Å². The molecule has 2 aromatic rings. The van der Waals surface area contributed by atoms with Gasteiger partial charge in [0.05, 0.1) is 10.0 Å². The number of phenolic OH excluding ortho intramolecular Hbond substituents is 2. The minimum Gasteiger partial charge on any atom is -0.504 e. The van der Waals surface area contributed by atoms with E-state index in [1.54, 1.807) is 0 Å². The van der Waals surface area contributed by atoms with Crippen LogP contribution in [0.3, 0.4) is 0 Å². The van der Waals surface area contributed by atoms with Gasteiger partial charge < -0.3 is 19.7 Å². The molecule has 0 aliphatic carbocycles. The van der Waals surface area contributed by atoms with Crippen LogP contribution in [-0.4, -0.2) is 10.2 Å². The second kappa shape index (κ2) is 5.86. The number of hydrogen-bond acceptors (Lipinski definition) is 4. The Morgan fingerprint density at radius 2 is 1.35 bits per heavy atom. The van der Waals surface area contributed by atoms with Gasteiger partial charge in [-0.25, -0.2) is 0 Å². The fraction of sp³-hybridized carbons (Fsp3) is 0.250. The SMILES string of the molecule is CCc1c(O)c(O)c(CC)c2c1Oc1cc(Cl)c(Cl)c(Cl)c1O2. The Bertz CT molecular complexity index is 818. The van der Waals surface area contributed by atoms with Gasteiger partial charge in [-0.3, -0.25) is 0 Å². The van der Waals surface area contributed by atoms with Crippen LogP contribution < -0.4 is 9.47 Å². The zero-order valence-corrected chi connectivity index (χ0v) is 14.6. The Kier molecular flexibility index (Phi) is 4.17. The van der Waals surface area contributed by atoms with Crippen molar-refractivity contribution in [3.05, 3.63) is 32.3 Å². The summed E-state index contributed by atoms with van der Waals surface area (Å²) in [6.45, 7) is 3.66. The Hall–Kier alpha value is -1.49. The van der Waals surface area contributed by atoms with Crippen molar-refractivity contribution in [1.82, 2.24) is 0 Å². The first kappa shape index (κ1) is 16.4. The highest BCUT2D eigenvalue weighted by molar-refractivity contribution is 6.48. The van der Waals surface area contributed by atoms with E-state index in [9.17, 15) is 10.2 Å². The molecule has 0 saturated heterocycles. The highest BCUT2D eigenvalue weighted by Gasteiger charge is 2.32. The fourth-order valence-electron chi connectivity index (χ4n) is 2.59. The molecule has 1 aliphatic rings. The summed E-state index contributed by atoms with van der Waals surface area (Å²) in [5.41, 5.74) is 0.880. The number of rotatable bonds is 2. The molecule has 0 radical (unpaired) electrons. The molecular formula is C16H13Cl3O4. The number of ether oxygens (including phenoxy) is 2. The summed E-state index contributed by atoms with van der Waals surface area (Å²) in [5, 5.41) is 21.0. The number of benzene rings is 2. The van der Waals surface area contributed by atoms with Crippen molar-refractivity contribution in [3.8, 4) is 34.5 Å². The molecule has 0 saturated carbocycles. The van der Waals surface area contributed by atoms with Crippen molar-refractivity contribution in [1.29, 1.82) is 0 Å². The van der Waals surface area contributed by atoms with Gasteiger partial charge >= 0.3 is 0 Å². The molecule has 0 bridgehead atoms. The first-order valence-electron chi connectivity index (χ1n) is 7.03. The van der Waals surface area contributed by atoms with E-state index in [4.69, 9.17) is 44.3 Å². The van der Waals surface area contributed by atoms with Gasteiger partial charge in [0.1, 0.15) is 5.02 Å². The van der Waals surface area contributed by atoms with Crippen molar-refractivity contribution in [3.63, 3.8) is 0 Å². The molecule has 122 valence electrons. The maximum absolute atomic E-state index is 10.2. The highest BCUT2D eigenvalue weighted by atomic mass is 35.5. The summed E-state index contributed by atoms with van der Waals surface area (Å²) in [5.74, 6) is 0.788. The summed E-state index contributed by atoms with van der Waals surface area (Å²) in [6.07, 6.45) is 0.878. The van der Waals surface area contributed by atoms with Crippen LogP contribution in [0.5, 0.6) is 34.5 Å². The van der Waals surface area contributed by atoms with Gasteiger partial charge in [0.25, 0.3) is 0 Å². The predicted octanol–water partition coefficient (Wildman–Crippen LogP) is 6.08. The van der Waals surface area contributed by atoms with Gasteiger partial charge in [0, 0.05) is 17.2 Å². The minimum absolute atomic E-state index is 0.132. The third-order valence-electron chi connectivity index (χ3n) is 3.76. The van der Waals surface area contributed by atoms with Gasteiger partial charge in [-0.1, -0.05) is 48.7 Å². The summed E-state index contributed by atoms with van der Waals surface area (Å²) in [4.78, 5) is 0. The van der Waals surface area contributed by atoms with Crippen LogP contribution in [0, 0.1) is 0 Å². The van der Waals surface area contributed by atoms with Crippen LogP contribution in [0.25, 0.3) is 0 Å². The average molecular weight is 376 g/mol. The third kappa shape index (κ3) is 2.36. The smallest absolute Gasteiger partial charge is 0.190 e. The second-order valence-electron chi connectivity index (χ2n) is 5.04. The molecule has 1 aliphatic heterocycles. The molecule has 1 heterocycles. The van der Waals surface area contributed by atoms with Gasteiger partial charge in [0.15, 0.2) is 34.5 Å². The van der Waals surface area contributed by atoms with E-state index in [-0.39, 0.29) is 32.3 Å². The third-order valence-corrected chi connectivity index (χ3v) is 5.00.